The van der Waals surface area contributed by atoms with Gasteiger partial charge < -0.3 is 15.0 Å². The summed E-state index contributed by atoms with van der Waals surface area (Å²) in [6.45, 7) is 0.999. The molecule has 152 valence electrons. The third kappa shape index (κ3) is 4.46. The lowest BCUT2D eigenvalue weighted by atomic mass is 9.84. The molecule has 4 rings (SSSR count). The van der Waals surface area contributed by atoms with E-state index in [1.54, 1.807) is 0 Å². The maximum absolute atomic E-state index is 11.4. The maximum Gasteiger partial charge on any atom is 0.411 e. The van der Waals surface area contributed by atoms with Crippen molar-refractivity contribution in [2.45, 2.75) is 36.0 Å². The first-order valence-electron chi connectivity index (χ1n) is 9.89. The predicted octanol–water partition coefficient (Wildman–Crippen LogP) is 4.41. The Balaban J connectivity index is 1.55. The Morgan fingerprint density at radius 1 is 1.28 bits per heavy atom. The van der Waals surface area contributed by atoms with Crippen LogP contribution in [-0.2, 0) is 4.74 Å². The van der Waals surface area contributed by atoms with E-state index >= 15 is 0 Å². The first kappa shape index (κ1) is 19.9. The van der Waals surface area contributed by atoms with Gasteiger partial charge in [-0.25, -0.2) is 9.78 Å². The van der Waals surface area contributed by atoms with Crippen LogP contribution in [0.25, 0.3) is 5.57 Å². The van der Waals surface area contributed by atoms with E-state index in [1.807, 2.05) is 18.3 Å². The number of carbonyl (C=O) groups is 1. The average molecular weight is 457 g/mol. The summed E-state index contributed by atoms with van der Waals surface area (Å²) in [5.74, 6) is 1.37. The van der Waals surface area contributed by atoms with Crippen LogP contribution < -0.4 is 10.6 Å². The van der Waals surface area contributed by atoms with Gasteiger partial charge in [0.05, 0.1) is 25.0 Å². The highest BCUT2D eigenvalue weighted by molar-refractivity contribution is 9.09. The fourth-order valence-corrected chi connectivity index (χ4v) is 4.82. The van der Waals surface area contributed by atoms with E-state index in [9.17, 15) is 4.79 Å². The molecule has 29 heavy (non-hydrogen) atoms. The van der Waals surface area contributed by atoms with Gasteiger partial charge in [-0.05, 0) is 36.6 Å². The summed E-state index contributed by atoms with van der Waals surface area (Å²) in [6.07, 6.45) is 8.35. The Morgan fingerprint density at radius 3 is 2.86 bits per heavy atom. The van der Waals surface area contributed by atoms with Gasteiger partial charge >= 0.3 is 6.09 Å². The van der Waals surface area contributed by atoms with E-state index in [0.717, 1.165) is 35.8 Å². The highest BCUT2D eigenvalue weighted by atomic mass is 79.9. The van der Waals surface area contributed by atoms with Crippen molar-refractivity contribution in [2.24, 2.45) is 0 Å². The first-order valence-corrected chi connectivity index (χ1v) is 10.8. The maximum atomic E-state index is 11.4. The Bertz CT molecular complexity index is 922. The molecule has 2 aromatic rings. The number of methoxy groups -OCH3 is 1. The van der Waals surface area contributed by atoms with Crippen LogP contribution in [0.2, 0.25) is 0 Å². The fourth-order valence-electron chi connectivity index (χ4n) is 4.08. The molecule has 0 spiro atoms. The van der Waals surface area contributed by atoms with Gasteiger partial charge in [0.2, 0.25) is 0 Å². The number of carbonyl (C=O) groups excluding carboxylic acids is 1. The predicted molar refractivity (Wildman–Crippen MR) is 117 cm³/mol. The van der Waals surface area contributed by atoms with E-state index in [-0.39, 0.29) is 10.9 Å². The van der Waals surface area contributed by atoms with Crippen molar-refractivity contribution in [1.82, 2.24) is 20.6 Å². The Morgan fingerprint density at radius 2 is 2.10 bits per heavy atom. The van der Waals surface area contributed by atoms with Crippen LogP contribution in [0, 0.1) is 0 Å². The van der Waals surface area contributed by atoms with Gasteiger partial charge in [-0.1, -0.05) is 52.3 Å². The van der Waals surface area contributed by atoms with Crippen molar-refractivity contribution in [1.29, 1.82) is 0 Å². The molecule has 2 aliphatic rings. The van der Waals surface area contributed by atoms with Crippen LogP contribution in [0.4, 0.5) is 4.79 Å². The molecule has 6 nitrogen and oxygen atoms in total. The van der Waals surface area contributed by atoms with Gasteiger partial charge in [0, 0.05) is 22.9 Å². The van der Waals surface area contributed by atoms with Crippen LogP contribution in [-0.4, -0.2) is 34.5 Å². The second kappa shape index (κ2) is 8.97. The molecule has 1 aromatic heterocycles. The summed E-state index contributed by atoms with van der Waals surface area (Å²) < 4.78 is 4.67. The molecule has 3 N–H and O–H groups in total. The molecular formula is C22H25BrN4O2. The number of ether oxygens (including phenoxy) is 1. The second-order valence-corrected chi connectivity index (χ2v) is 8.48. The summed E-state index contributed by atoms with van der Waals surface area (Å²) in [4.78, 5) is 19.8. The quantitative estimate of drug-likeness (QED) is 0.595. The number of halogens is 1. The van der Waals surface area contributed by atoms with Gasteiger partial charge in [0.25, 0.3) is 0 Å². The molecule has 1 aromatic carbocycles. The molecule has 0 radical (unpaired) electrons. The number of imidazole rings is 1. The zero-order valence-electron chi connectivity index (χ0n) is 16.3. The van der Waals surface area contributed by atoms with Gasteiger partial charge in [0.1, 0.15) is 5.82 Å². The number of aromatic nitrogens is 2. The van der Waals surface area contributed by atoms with Crippen LogP contribution >= 0.6 is 15.9 Å². The highest BCUT2D eigenvalue weighted by Gasteiger charge is 2.30. The van der Waals surface area contributed by atoms with Gasteiger partial charge in [-0.2, -0.15) is 0 Å². The minimum Gasteiger partial charge on any atom is -0.453 e. The number of alkyl halides is 1. The number of rotatable bonds is 4. The summed E-state index contributed by atoms with van der Waals surface area (Å²) >= 11 is 3.73. The van der Waals surface area contributed by atoms with Crippen molar-refractivity contribution in [2.75, 3.05) is 13.7 Å². The number of aromatic amines is 1. The molecule has 1 aliphatic heterocycles. The van der Waals surface area contributed by atoms with Gasteiger partial charge in [0.15, 0.2) is 0 Å². The molecule has 1 amide bonds. The third-order valence-corrected chi connectivity index (χ3v) is 6.35. The molecule has 1 fully saturated rings. The van der Waals surface area contributed by atoms with E-state index in [1.165, 1.54) is 19.1 Å². The van der Waals surface area contributed by atoms with Crippen molar-refractivity contribution in [3.8, 4) is 0 Å². The first-order chi connectivity index (χ1) is 14.2. The van der Waals surface area contributed by atoms with E-state index in [4.69, 9.17) is 4.98 Å². The molecule has 0 bridgehead atoms. The summed E-state index contributed by atoms with van der Waals surface area (Å²) in [7, 11) is 1.36. The number of nitrogens with zero attached hydrogens (tertiary/aromatic N) is 1. The fraction of sp³-hybridized carbons (Fsp3) is 0.364. The third-order valence-electron chi connectivity index (χ3n) is 5.54. The number of nitrogens with one attached hydrogen (secondary N) is 3. The highest BCUT2D eigenvalue weighted by Crippen LogP contribution is 2.37. The molecule has 2 heterocycles. The molecular weight excluding hydrogens is 432 g/mol. The number of piperidine rings is 1. The topological polar surface area (TPSA) is 79.0 Å². The zero-order chi connectivity index (χ0) is 20.2. The summed E-state index contributed by atoms with van der Waals surface area (Å²) in [5.41, 5.74) is 4.28. The van der Waals surface area contributed by atoms with E-state index < -0.39 is 6.09 Å². The lowest BCUT2D eigenvalue weighted by Gasteiger charge is -2.31. The van der Waals surface area contributed by atoms with E-state index in [2.05, 4.69) is 66.6 Å². The van der Waals surface area contributed by atoms with Crippen LogP contribution in [0.3, 0.4) is 0 Å². The largest absolute Gasteiger partial charge is 0.453 e. The molecule has 1 aliphatic carbocycles. The Labute approximate surface area is 179 Å². The van der Waals surface area contributed by atoms with Crippen LogP contribution in [0.1, 0.15) is 48.3 Å². The molecule has 1 saturated heterocycles. The Kier molecular flexibility index (Phi) is 6.16. The van der Waals surface area contributed by atoms with Gasteiger partial charge in [-0.3, -0.25) is 5.32 Å². The normalized spacial score (nSPS) is 24.4. The number of H-pyrrole nitrogens is 1. The van der Waals surface area contributed by atoms with Gasteiger partial charge in [-0.15, -0.1) is 0 Å². The number of hydrogen-bond acceptors (Lipinski definition) is 4. The molecule has 3 unspecified atom stereocenters. The molecule has 0 saturated carbocycles. The molecule has 3 atom stereocenters. The molecule has 7 heteroatoms. The number of benzene rings is 1. The van der Waals surface area contributed by atoms with Crippen molar-refractivity contribution in [3.63, 3.8) is 0 Å². The van der Waals surface area contributed by atoms with Crippen molar-refractivity contribution < 1.29 is 9.53 Å². The van der Waals surface area contributed by atoms with Crippen molar-refractivity contribution in [3.05, 3.63) is 71.5 Å². The number of allylic oxidation sites excluding steroid dienone is 4. The SMILES string of the molecule is COC(=O)NC1=CC=C(c2cnc(C3NCCCC3c3ccccc3)[nH]2)C(Br)C1. The monoisotopic (exact) mass is 456 g/mol. The number of amides is 1. The van der Waals surface area contributed by atoms with E-state index in [0.29, 0.717) is 12.3 Å². The average Bonchev–Trinajstić information content (AvgIpc) is 3.24. The second-order valence-electron chi connectivity index (χ2n) is 7.38. The lowest BCUT2D eigenvalue weighted by Crippen LogP contribution is -2.33. The smallest absolute Gasteiger partial charge is 0.411 e. The zero-order valence-corrected chi connectivity index (χ0v) is 17.9. The summed E-state index contributed by atoms with van der Waals surface area (Å²) in [6, 6.07) is 10.8. The van der Waals surface area contributed by atoms with Crippen LogP contribution in [0.15, 0.2) is 54.4 Å². The van der Waals surface area contributed by atoms with Crippen molar-refractivity contribution >= 4 is 27.6 Å². The minimum absolute atomic E-state index is 0.0807. The number of alkyl carbamates (subject to hydrolysis) is 1. The van der Waals surface area contributed by atoms with Crippen LogP contribution in [0.5, 0.6) is 0 Å². The summed E-state index contributed by atoms with van der Waals surface area (Å²) in [5, 5.41) is 6.39. The lowest BCUT2D eigenvalue weighted by molar-refractivity contribution is 0.174. The standard InChI is InChI=1S/C22H25BrN4O2/c1-29-22(28)26-15-9-10-17(18(23)12-15)19-13-25-21(27-19)20-16(8-5-11-24-20)14-6-3-2-4-7-14/h2-4,6-7,9-10,13,16,18,20,24H,5,8,11-12H2,1H3,(H,25,27)(H,26,28). The number of hydrogen-bond donors (Lipinski definition) is 3. The Hall–Kier alpha value is -2.38. The minimum atomic E-state index is -0.452.